The van der Waals surface area contributed by atoms with Crippen LogP contribution in [-0.2, 0) is 4.79 Å². The third kappa shape index (κ3) is 3.94. The number of aryl methyl sites for hydroxylation is 1. The summed E-state index contributed by atoms with van der Waals surface area (Å²) in [6.07, 6.45) is 3.53. The van der Waals surface area contributed by atoms with Gasteiger partial charge in [-0.3, -0.25) is 9.59 Å². The van der Waals surface area contributed by atoms with Crippen molar-refractivity contribution in [1.29, 1.82) is 5.26 Å². The standard InChI is InChI=1S/C22H21N5O2S/c1-14-9-10-24-18(11-14)27-20(29)16-5-3-4-6-17(16)25-21(27)30-12-19(28)26-22(2,13-23)15-7-8-15/h3-6,9-11,15H,7-8,12H2,1-2H3,(H,26,28). The molecule has 2 aromatic heterocycles. The normalized spacial score (nSPS) is 15.4. The van der Waals surface area contributed by atoms with E-state index in [1.807, 2.05) is 25.1 Å². The van der Waals surface area contributed by atoms with Gasteiger partial charge in [0.05, 0.1) is 22.7 Å². The van der Waals surface area contributed by atoms with Crippen LogP contribution >= 0.6 is 11.8 Å². The minimum absolute atomic E-state index is 0.0422. The number of hydrogen-bond donors (Lipinski definition) is 1. The maximum absolute atomic E-state index is 13.2. The molecule has 0 radical (unpaired) electrons. The number of aromatic nitrogens is 3. The van der Waals surface area contributed by atoms with Gasteiger partial charge in [-0.1, -0.05) is 23.9 Å². The number of benzene rings is 1. The number of nitrogens with zero attached hydrogens (tertiary/aromatic N) is 4. The van der Waals surface area contributed by atoms with Gasteiger partial charge in [0.1, 0.15) is 11.4 Å². The van der Waals surface area contributed by atoms with Crippen molar-refractivity contribution in [2.24, 2.45) is 5.92 Å². The fourth-order valence-electron chi connectivity index (χ4n) is 3.39. The highest BCUT2D eigenvalue weighted by molar-refractivity contribution is 7.99. The smallest absolute Gasteiger partial charge is 0.267 e. The van der Waals surface area contributed by atoms with Gasteiger partial charge >= 0.3 is 0 Å². The lowest BCUT2D eigenvalue weighted by molar-refractivity contribution is -0.119. The second-order valence-electron chi connectivity index (χ2n) is 7.67. The van der Waals surface area contributed by atoms with Crippen molar-refractivity contribution in [2.45, 2.75) is 37.4 Å². The number of nitrogens with one attached hydrogen (secondary N) is 1. The Kier molecular flexibility index (Phi) is 5.31. The number of hydrogen-bond acceptors (Lipinski definition) is 6. The molecular formula is C22H21N5O2S. The molecule has 1 saturated carbocycles. The number of pyridine rings is 1. The molecule has 30 heavy (non-hydrogen) atoms. The lowest BCUT2D eigenvalue weighted by Crippen LogP contribution is -2.47. The van der Waals surface area contributed by atoms with E-state index in [9.17, 15) is 14.9 Å². The largest absolute Gasteiger partial charge is 0.337 e. The molecular weight excluding hydrogens is 398 g/mol. The zero-order chi connectivity index (χ0) is 21.3. The molecule has 7 nitrogen and oxygen atoms in total. The summed E-state index contributed by atoms with van der Waals surface area (Å²) < 4.78 is 1.44. The molecule has 0 aliphatic heterocycles. The molecule has 1 aliphatic carbocycles. The van der Waals surface area contributed by atoms with E-state index < -0.39 is 5.54 Å². The second kappa shape index (κ2) is 7.92. The maximum Gasteiger partial charge on any atom is 0.267 e. The van der Waals surface area contributed by atoms with Crippen LogP contribution in [0.25, 0.3) is 16.7 Å². The van der Waals surface area contributed by atoms with E-state index in [-0.39, 0.29) is 23.1 Å². The first-order valence-corrected chi connectivity index (χ1v) is 10.7. The van der Waals surface area contributed by atoms with Crippen molar-refractivity contribution in [3.63, 3.8) is 0 Å². The SMILES string of the molecule is Cc1ccnc(-n2c(SCC(=O)NC(C)(C#N)C3CC3)nc3ccccc3c2=O)c1. The van der Waals surface area contributed by atoms with Crippen LogP contribution in [0.4, 0.5) is 0 Å². The lowest BCUT2D eigenvalue weighted by Gasteiger charge is -2.22. The topological polar surface area (TPSA) is 101 Å². The summed E-state index contributed by atoms with van der Waals surface area (Å²) in [6, 6.07) is 13.0. The summed E-state index contributed by atoms with van der Waals surface area (Å²) in [4.78, 5) is 34.7. The number of nitriles is 1. The van der Waals surface area contributed by atoms with Crippen LogP contribution in [0.15, 0.2) is 52.5 Å². The van der Waals surface area contributed by atoms with E-state index in [1.165, 1.54) is 4.57 Å². The van der Waals surface area contributed by atoms with Crippen LogP contribution in [0.2, 0.25) is 0 Å². The van der Waals surface area contributed by atoms with Crippen molar-refractivity contribution < 1.29 is 4.79 Å². The van der Waals surface area contributed by atoms with E-state index in [0.717, 1.165) is 30.2 Å². The summed E-state index contributed by atoms with van der Waals surface area (Å²) in [5.74, 6) is 0.439. The maximum atomic E-state index is 13.2. The molecule has 1 N–H and O–H groups in total. The van der Waals surface area contributed by atoms with Gasteiger partial charge in [0.25, 0.3) is 5.56 Å². The van der Waals surface area contributed by atoms with Crippen molar-refractivity contribution >= 4 is 28.6 Å². The van der Waals surface area contributed by atoms with Gasteiger partial charge in [0.15, 0.2) is 5.16 Å². The summed E-state index contributed by atoms with van der Waals surface area (Å²) >= 11 is 1.16. The molecule has 1 atom stereocenters. The van der Waals surface area contributed by atoms with Gasteiger partial charge in [0.2, 0.25) is 5.91 Å². The number of amides is 1. The highest BCUT2D eigenvalue weighted by Crippen LogP contribution is 2.39. The highest BCUT2D eigenvalue weighted by atomic mass is 32.2. The quantitative estimate of drug-likeness (QED) is 0.487. The summed E-state index contributed by atoms with van der Waals surface area (Å²) in [5.41, 5.74) is 0.435. The molecule has 1 fully saturated rings. The Morgan fingerprint density at radius 2 is 2.13 bits per heavy atom. The Morgan fingerprint density at radius 3 is 2.83 bits per heavy atom. The van der Waals surface area contributed by atoms with E-state index in [1.54, 1.807) is 31.3 Å². The average Bonchev–Trinajstić information content (AvgIpc) is 3.58. The number of thioether (sulfide) groups is 1. The molecule has 0 saturated heterocycles. The summed E-state index contributed by atoms with van der Waals surface area (Å²) in [7, 11) is 0. The molecule has 1 amide bonds. The number of para-hydroxylation sites is 1. The van der Waals surface area contributed by atoms with Crippen LogP contribution in [0.3, 0.4) is 0 Å². The fraction of sp³-hybridized carbons (Fsp3) is 0.318. The zero-order valence-electron chi connectivity index (χ0n) is 16.8. The van der Waals surface area contributed by atoms with Gasteiger partial charge in [-0.25, -0.2) is 14.5 Å². The first-order valence-electron chi connectivity index (χ1n) is 9.71. The molecule has 2 heterocycles. The monoisotopic (exact) mass is 419 g/mol. The van der Waals surface area contributed by atoms with Crippen LogP contribution in [0.5, 0.6) is 0 Å². The number of carbonyl (C=O) groups is 1. The Balaban J connectivity index is 1.67. The zero-order valence-corrected chi connectivity index (χ0v) is 17.6. The van der Waals surface area contributed by atoms with Crippen LogP contribution in [0.1, 0.15) is 25.3 Å². The molecule has 1 aromatic carbocycles. The van der Waals surface area contributed by atoms with E-state index in [2.05, 4.69) is 21.4 Å². The number of fused-ring (bicyclic) bond motifs is 1. The van der Waals surface area contributed by atoms with E-state index in [0.29, 0.717) is 21.9 Å². The van der Waals surface area contributed by atoms with Crippen molar-refractivity contribution in [2.75, 3.05) is 5.75 Å². The van der Waals surface area contributed by atoms with E-state index >= 15 is 0 Å². The van der Waals surface area contributed by atoms with Gasteiger partial charge in [-0.2, -0.15) is 5.26 Å². The Morgan fingerprint density at radius 1 is 1.37 bits per heavy atom. The third-order valence-corrected chi connectivity index (χ3v) is 6.17. The van der Waals surface area contributed by atoms with Gasteiger partial charge in [-0.05, 0) is 62.4 Å². The fourth-order valence-corrected chi connectivity index (χ4v) is 4.19. The third-order valence-electron chi connectivity index (χ3n) is 5.23. The number of rotatable bonds is 6. The Bertz CT molecular complexity index is 1230. The second-order valence-corrected chi connectivity index (χ2v) is 8.61. The molecule has 0 spiro atoms. The van der Waals surface area contributed by atoms with Crippen molar-refractivity contribution in [3.8, 4) is 11.9 Å². The van der Waals surface area contributed by atoms with Crippen LogP contribution < -0.4 is 10.9 Å². The summed E-state index contributed by atoms with van der Waals surface area (Å²) in [6.45, 7) is 3.68. The summed E-state index contributed by atoms with van der Waals surface area (Å²) in [5, 5.41) is 13.2. The number of carbonyl (C=O) groups excluding carboxylic acids is 1. The molecule has 1 unspecified atom stereocenters. The van der Waals surface area contributed by atoms with E-state index in [4.69, 9.17) is 0 Å². The van der Waals surface area contributed by atoms with Crippen LogP contribution in [-0.4, -0.2) is 31.7 Å². The lowest BCUT2D eigenvalue weighted by atomic mass is 9.98. The van der Waals surface area contributed by atoms with Crippen molar-refractivity contribution in [1.82, 2.24) is 19.9 Å². The highest BCUT2D eigenvalue weighted by Gasteiger charge is 2.43. The predicted molar refractivity (Wildman–Crippen MR) is 115 cm³/mol. The molecule has 0 bridgehead atoms. The van der Waals surface area contributed by atoms with Gasteiger partial charge in [0, 0.05) is 6.20 Å². The Labute approximate surface area is 178 Å². The molecule has 4 rings (SSSR count). The van der Waals surface area contributed by atoms with Crippen LogP contribution in [0, 0.1) is 24.2 Å². The minimum Gasteiger partial charge on any atom is -0.337 e. The average molecular weight is 420 g/mol. The molecule has 1 aliphatic rings. The van der Waals surface area contributed by atoms with Crippen molar-refractivity contribution in [3.05, 3.63) is 58.5 Å². The van der Waals surface area contributed by atoms with Gasteiger partial charge < -0.3 is 5.32 Å². The molecule has 3 aromatic rings. The first-order chi connectivity index (χ1) is 14.4. The molecule has 152 valence electrons. The van der Waals surface area contributed by atoms with Gasteiger partial charge in [-0.15, -0.1) is 0 Å². The minimum atomic E-state index is -0.855. The Hall–Kier alpha value is -3.18. The first kappa shape index (κ1) is 20.1. The predicted octanol–water partition coefficient (Wildman–Crippen LogP) is 2.99. The molecule has 8 heteroatoms.